The number of aryl methyl sites for hydroxylation is 1. The van der Waals surface area contributed by atoms with Gasteiger partial charge in [0.1, 0.15) is 5.82 Å². The van der Waals surface area contributed by atoms with Gasteiger partial charge in [0.25, 0.3) is 0 Å². The van der Waals surface area contributed by atoms with E-state index in [2.05, 4.69) is 40.8 Å². The van der Waals surface area contributed by atoms with Crippen LogP contribution in [-0.4, -0.2) is 53.2 Å². The summed E-state index contributed by atoms with van der Waals surface area (Å²) in [6.45, 7) is 6.99. The zero-order valence-corrected chi connectivity index (χ0v) is 21.6. The minimum atomic E-state index is -0.281. The van der Waals surface area contributed by atoms with Gasteiger partial charge in [0.15, 0.2) is 11.5 Å². The molecule has 6 rings (SSSR count). The number of hydrogen-bond donors (Lipinski definition) is 0. The highest BCUT2D eigenvalue weighted by molar-refractivity contribution is 5.86. The van der Waals surface area contributed by atoms with E-state index in [1.54, 1.807) is 12.1 Å². The normalized spacial score (nSPS) is 16.2. The molecular formula is C31H32FN3O3. The predicted octanol–water partition coefficient (Wildman–Crippen LogP) is 5.40. The zero-order valence-electron chi connectivity index (χ0n) is 21.6. The number of benzene rings is 3. The first-order valence-corrected chi connectivity index (χ1v) is 13.3. The van der Waals surface area contributed by atoms with E-state index in [1.807, 2.05) is 35.2 Å². The average Bonchev–Trinajstić information content (AvgIpc) is 3.56. The van der Waals surface area contributed by atoms with E-state index in [9.17, 15) is 9.18 Å². The van der Waals surface area contributed by atoms with Crippen LogP contribution in [0.3, 0.4) is 0 Å². The van der Waals surface area contributed by atoms with Crippen molar-refractivity contribution in [1.29, 1.82) is 0 Å². The molecule has 1 unspecified atom stereocenters. The van der Waals surface area contributed by atoms with Crippen LogP contribution in [0.5, 0.6) is 11.5 Å². The Hall–Kier alpha value is -3.84. The number of carbonyl (C=O) groups excluding carboxylic acids is 1. The van der Waals surface area contributed by atoms with Gasteiger partial charge >= 0.3 is 0 Å². The number of amides is 1. The quantitative estimate of drug-likeness (QED) is 0.332. The second-order valence-corrected chi connectivity index (χ2v) is 10.0. The lowest BCUT2D eigenvalue weighted by Crippen LogP contribution is -2.48. The second kappa shape index (κ2) is 10.5. The maximum Gasteiger partial charge on any atom is 0.231 e. The van der Waals surface area contributed by atoms with E-state index in [0.717, 1.165) is 59.7 Å². The standard InChI is InChI=1S/C31H32FN3O3/c1-2-34-20-27(25-8-3-4-9-28(25)34)26(23-6-5-7-24(32)17-23)18-31(36)35-14-12-33(13-15-35)19-22-10-11-29-30(16-22)38-21-37-29/h3-11,16-17,20,26H,2,12-15,18-19,21H2,1H3. The number of para-hydroxylation sites is 1. The van der Waals surface area contributed by atoms with Crippen molar-refractivity contribution >= 4 is 16.8 Å². The molecule has 196 valence electrons. The van der Waals surface area contributed by atoms with Crippen molar-refractivity contribution in [2.75, 3.05) is 33.0 Å². The van der Waals surface area contributed by atoms with Crippen molar-refractivity contribution < 1.29 is 18.7 Å². The number of fused-ring (bicyclic) bond motifs is 2. The smallest absolute Gasteiger partial charge is 0.231 e. The summed E-state index contributed by atoms with van der Waals surface area (Å²) >= 11 is 0. The summed E-state index contributed by atoms with van der Waals surface area (Å²) in [5, 5.41) is 1.12. The molecule has 7 heteroatoms. The minimum absolute atomic E-state index is 0.107. The molecule has 3 heterocycles. The van der Waals surface area contributed by atoms with Crippen LogP contribution >= 0.6 is 0 Å². The van der Waals surface area contributed by atoms with Crippen molar-refractivity contribution in [2.45, 2.75) is 32.4 Å². The molecule has 4 aromatic rings. The summed E-state index contributed by atoms with van der Waals surface area (Å²) in [6, 6.07) is 21.0. The third-order valence-electron chi connectivity index (χ3n) is 7.73. The van der Waals surface area contributed by atoms with Crippen LogP contribution in [0, 0.1) is 5.82 Å². The minimum Gasteiger partial charge on any atom is -0.454 e. The van der Waals surface area contributed by atoms with Crippen LogP contribution in [0.15, 0.2) is 72.9 Å². The van der Waals surface area contributed by atoms with Crippen molar-refractivity contribution in [3.8, 4) is 11.5 Å². The molecule has 0 aliphatic carbocycles. The lowest BCUT2D eigenvalue weighted by molar-refractivity contribution is -0.133. The Morgan fingerprint density at radius 2 is 1.76 bits per heavy atom. The van der Waals surface area contributed by atoms with Crippen LogP contribution in [0.25, 0.3) is 10.9 Å². The third-order valence-corrected chi connectivity index (χ3v) is 7.73. The Balaban J connectivity index is 1.18. The van der Waals surface area contributed by atoms with Gasteiger partial charge in [-0.3, -0.25) is 9.69 Å². The molecule has 1 fully saturated rings. The molecule has 1 aromatic heterocycles. The molecule has 38 heavy (non-hydrogen) atoms. The first-order valence-electron chi connectivity index (χ1n) is 13.3. The third kappa shape index (κ3) is 4.86. The zero-order chi connectivity index (χ0) is 26.1. The van der Waals surface area contributed by atoms with Crippen molar-refractivity contribution in [3.63, 3.8) is 0 Å². The molecule has 0 saturated carbocycles. The van der Waals surface area contributed by atoms with Gasteiger partial charge in [-0.15, -0.1) is 0 Å². The Morgan fingerprint density at radius 1 is 0.947 bits per heavy atom. The van der Waals surface area contributed by atoms with Crippen LogP contribution in [-0.2, 0) is 17.9 Å². The molecule has 3 aromatic carbocycles. The van der Waals surface area contributed by atoms with Crippen molar-refractivity contribution in [3.05, 3.63) is 95.4 Å². The summed E-state index contributed by atoms with van der Waals surface area (Å²) in [6.07, 6.45) is 2.44. The molecule has 1 amide bonds. The van der Waals surface area contributed by atoms with E-state index in [4.69, 9.17) is 9.47 Å². The monoisotopic (exact) mass is 513 g/mol. The van der Waals surface area contributed by atoms with Crippen molar-refractivity contribution in [2.24, 2.45) is 0 Å². The Labute approximate surface area is 222 Å². The van der Waals surface area contributed by atoms with Gasteiger partial charge in [-0.25, -0.2) is 4.39 Å². The second-order valence-electron chi connectivity index (χ2n) is 10.0. The summed E-state index contributed by atoms with van der Waals surface area (Å²) in [4.78, 5) is 17.9. The number of nitrogens with zero attached hydrogens (tertiary/aromatic N) is 3. The van der Waals surface area contributed by atoms with E-state index in [-0.39, 0.29) is 24.4 Å². The molecule has 0 spiro atoms. The molecule has 1 atom stereocenters. The van der Waals surface area contributed by atoms with Gasteiger partial charge in [0.2, 0.25) is 12.7 Å². The Morgan fingerprint density at radius 3 is 2.58 bits per heavy atom. The van der Waals surface area contributed by atoms with Crippen LogP contribution in [0.4, 0.5) is 4.39 Å². The number of halogens is 1. The van der Waals surface area contributed by atoms with E-state index >= 15 is 0 Å². The Bertz CT molecular complexity index is 1460. The highest BCUT2D eigenvalue weighted by atomic mass is 19.1. The van der Waals surface area contributed by atoms with E-state index in [0.29, 0.717) is 19.5 Å². The largest absolute Gasteiger partial charge is 0.454 e. The number of piperazine rings is 1. The number of hydrogen-bond acceptors (Lipinski definition) is 4. The maximum atomic E-state index is 14.3. The van der Waals surface area contributed by atoms with Gasteiger partial charge < -0.3 is 18.9 Å². The molecular weight excluding hydrogens is 481 g/mol. The number of carbonyl (C=O) groups is 1. The van der Waals surface area contributed by atoms with Crippen molar-refractivity contribution in [1.82, 2.24) is 14.4 Å². The van der Waals surface area contributed by atoms with Gasteiger partial charge in [0.05, 0.1) is 0 Å². The average molecular weight is 514 g/mol. The topological polar surface area (TPSA) is 46.9 Å². The fourth-order valence-corrected chi connectivity index (χ4v) is 5.70. The summed E-state index contributed by atoms with van der Waals surface area (Å²) in [7, 11) is 0. The summed E-state index contributed by atoms with van der Waals surface area (Å²) < 4.78 is 27.4. The predicted molar refractivity (Wildman–Crippen MR) is 145 cm³/mol. The fraction of sp³-hybridized carbons (Fsp3) is 0.323. The lowest BCUT2D eigenvalue weighted by atomic mass is 9.87. The summed E-state index contributed by atoms with van der Waals surface area (Å²) in [5.41, 5.74) is 4.21. The molecule has 2 aliphatic heterocycles. The van der Waals surface area contributed by atoms with Crippen LogP contribution < -0.4 is 9.47 Å². The first kappa shape index (κ1) is 24.5. The molecule has 1 saturated heterocycles. The molecule has 0 radical (unpaired) electrons. The Kier molecular flexibility index (Phi) is 6.77. The van der Waals surface area contributed by atoms with Crippen LogP contribution in [0.2, 0.25) is 0 Å². The fourth-order valence-electron chi connectivity index (χ4n) is 5.70. The number of rotatable bonds is 7. The summed E-state index contributed by atoms with van der Waals surface area (Å²) in [5.74, 6) is 1.19. The van der Waals surface area contributed by atoms with Crippen LogP contribution in [0.1, 0.15) is 36.0 Å². The number of aromatic nitrogens is 1. The van der Waals surface area contributed by atoms with Gasteiger partial charge in [0, 0.05) is 68.7 Å². The highest BCUT2D eigenvalue weighted by Crippen LogP contribution is 2.36. The molecule has 0 N–H and O–H groups in total. The van der Waals surface area contributed by atoms with Gasteiger partial charge in [-0.2, -0.15) is 0 Å². The van der Waals surface area contributed by atoms with Gasteiger partial charge in [-0.05, 0) is 53.9 Å². The molecule has 2 aliphatic rings. The maximum absolute atomic E-state index is 14.3. The highest BCUT2D eigenvalue weighted by Gasteiger charge is 2.28. The molecule has 6 nitrogen and oxygen atoms in total. The lowest BCUT2D eigenvalue weighted by Gasteiger charge is -2.35. The van der Waals surface area contributed by atoms with Gasteiger partial charge in [-0.1, -0.05) is 36.4 Å². The SMILES string of the molecule is CCn1cc(C(CC(=O)N2CCN(Cc3ccc4c(c3)OCO4)CC2)c2cccc(F)c2)c2ccccc21. The first-order chi connectivity index (χ1) is 18.6. The number of ether oxygens (including phenoxy) is 2. The van der Waals surface area contributed by atoms with E-state index < -0.39 is 0 Å². The van der Waals surface area contributed by atoms with E-state index in [1.165, 1.54) is 11.6 Å². The molecule has 0 bridgehead atoms.